The first kappa shape index (κ1) is 19.7. The highest BCUT2D eigenvalue weighted by Crippen LogP contribution is 2.42. The Bertz CT molecular complexity index is 726. The highest BCUT2D eigenvalue weighted by atomic mass is 32.2. The molecule has 0 fully saturated rings. The van der Waals surface area contributed by atoms with E-state index in [1.54, 1.807) is 11.8 Å². The van der Waals surface area contributed by atoms with E-state index in [9.17, 15) is 10.2 Å². The number of aryl methyl sites for hydroxylation is 2. The van der Waals surface area contributed by atoms with Gasteiger partial charge in [-0.3, -0.25) is 0 Å². The summed E-state index contributed by atoms with van der Waals surface area (Å²) in [6.07, 6.45) is 0. The fourth-order valence-electron chi connectivity index (χ4n) is 2.89. The first-order valence-electron chi connectivity index (χ1n) is 8.66. The van der Waals surface area contributed by atoms with Gasteiger partial charge in [0.1, 0.15) is 11.5 Å². The third kappa shape index (κ3) is 4.33. The summed E-state index contributed by atoms with van der Waals surface area (Å²) in [5, 5.41) is 20.9. The van der Waals surface area contributed by atoms with Gasteiger partial charge in [0, 0.05) is 9.79 Å². The lowest BCUT2D eigenvalue weighted by molar-refractivity contribution is 0.444. The van der Waals surface area contributed by atoms with Crippen LogP contribution in [0.2, 0.25) is 0 Å². The van der Waals surface area contributed by atoms with Crippen LogP contribution in [-0.2, 0) is 10.8 Å². The van der Waals surface area contributed by atoms with Gasteiger partial charge in [0.2, 0.25) is 0 Å². The second kappa shape index (κ2) is 6.60. The molecule has 0 aliphatic carbocycles. The van der Waals surface area contributed by atoms with Crippen LogP contribution in [0.3, 0.4) is 0 Å². The summed E-state index contributed by atoms with van der Waals surface area (Å²) in [5.41, 5.74) is 3.98. The van der Waals surface area contributed by atoms with E-state index in [1.165, 1.54) is 0 Å². The maximum atomic E-state index is 10.4. The van der Waals surface area contributed by atoms with E-state index in [4.69, 9.17) is 0 Å². The molecule has 2 aromatic carbocycles. The maximum Gasteiger partial charge on any atom is 0.120 e. The smallest absolute Gasteiger partial charge is 0.120 e. The van der Waals surface area contributed by atoms with Crippen molar-refractivity contribution in [3.05, 3.63) is 46.5 Å². The minimum absolute atomic E-state index is 0.0966. The minimum atomic E-state index is -0.0966. The normalized spacial score (nSPS) is 12.5. The maximum absolute atomic E-state index is 10.4. The molecular formula is C22H30O2S. The zero-order valence-electron chi connectivity index (χ0n) is 16.6. The largest absolute Gasteiger partial charge is 0.508 e. The van der Waals surface area contributed by atoms with Crippen LogP contribution < -0.4 is 0 Å². The number of hydrogen-bond acceptors (Lipinski definition) is 3. The molecule has 0 aliphatic heterocycles. The molecule has 25 heavy (non-hydrogen) atoms. The Morgan fingerprint density at radius 3 is 1.24 bits per heavy atom. The van der Waals surface area contributed by atoms with Crippen molar-refractivity contribution in [1.82, 2.24) is 0 Å². The van der Waals surface area contributed by atoms with Crippen molar-refractivity contribution in [2.24, 2.45) is 0 Å². The van der Waals surface area contributed by atoms with Gasteiger partial charge in [-0.25, -0.2) is 0 Å². The Hall–Kier alpha value is -1.61. The van der Waals surface area contributed by atoms with E-state index in [0.717, 1.165) is 32.0 Å². The highest BCUT2D eigenvalue weighted by Gasteiger charge is 2.22. The zero-order chi connectivity index (χ0) is 19.2. The molecule has 2 rings (SSSR count). The predicted octanol–water partition coefficient (Wildman–Crippen LogP) is 6.46. The number of aromatic hydroxyl groups is 2. The molecule has 3 heteroatoms. The Kier molecular flexibility index (Phi) is 5.21. The van der Waals surface area contributed by atoms with Gasteiger partial charge in [0.05, 0.1) is 0 Å². The van der Waals surface area contributed by atoms with Crippen LogP contribution in [0.25, 0.3) is 0 Å². The number of benzene rings is 2. The SMILES string of the molecule is Cc1cc(C(C)(C)C)c(O)cc1Sc1cc(O)c(C(C)(C)C)cc1C. The van der Waals surface area contributed by atoms with Crippen LogP contribution in [0.5, 0.6) is 11.5 Å². The molecule has 0 aromatic heterocycles. The van der Waals surface area contributed by atoms with Crippen LogP contribution in [0.4, 0.5) is 0 Å². The van der Waals surface area contributed by atoms with Crippen molar-refractivity contribution in [2.45, 2.75) is 76.0 Å². The van der Waals surface area contributed by atoms with Gasteiger partial charge in [0.15, 0.2) is 0 Å². The second-order valence-electron chi connectivity index (χ2n) is 8.87. The Balaban J connectivity index is 2.44. The zero-order valence-corrected chi connectivity index (χ0v) is 17.4. The first-order valence-corrected chi connectivity index (χ1v) is 9.48. The number of phenolic OH excluding ortho intramolecular Hbond substituents is 2. The van der Waals surface area contributed by atoms with Crippen molar-refractivity contribution < 1.29 is 10.2 Å². The monoisotopic (exact) mass is 358 g/mol. The van der Waals surface area contributed by atoms with Crippen LogP contribution in [0.15, 0.2) is 34.1 Å². The van der Waals surface area contributed by atoms with Crippen molar-refractivity contribution in [1.29, 1.82) is 0 Å². The molecule has 2 nitrogen and oxygen atoms in total. The van der Waals surface area contributed by atoms with Gasteiger partial charge in [-0.05, 0) is 59.1 Å². The lowest BCUT2D eigenvalue weighted by Crippen LogP contribution is -2.12. The molecule has 2 N–H and O–H groups in total. The van der Waals surface area contributed by atoms with Gasteiger partial charge >= 0.3 is 0 Å². The van der Waals surface area contributed by atoms with E-state index in [0.29, 0.717) is 11.5 Å². The van der Waals surface area contributed by atoms with Gasteiger partial charge < -0.3 is 10.2 Å². The third-order valence-corrected chi connectivity index (χ3v) is 5.74. The van der Waals surface area contributed by atoms with Crippen LogP contribution in [-0.4, -0.2) is 10.2 Å². The molecule has 2 aromatic rings. The summed E-state index contributed by atoms with van der Waals surface area (Å²) >= 11 is 1.59. The van der Waals surface area contributed by atoms with Crippen molar-refractivity contribution in [2.75, 3.05) is 0 Å². The van der Waals surface area contributed by atoms with Gasteiger partial charge in [-0.1, -0.05) is 65.4 Å². The average molecular weight is 359 g/mol. The van der Waals surface area contributed by atoms with Gasteiger partial charge in [0.25, 0.3) is 0 Å². The predicted molar refractivity (Wildman–Crippen MR) is 107 cm³/mol. The van der Waals surface area contributed by atoms with E-state index < -0.39 is 0 Å². The summed E-state index contributed by atoms with van der Waals surface area (Å²) < 4.78 is 0. The summed E-state index contributed by atoms with van der Waals surface area (Å²) in [6, 6.07) is 7.82. The first-order chi connectivity index (χ1) is 11.3. The summed E-state index contributed by atoms with van der Waals surface area (Å²) in [4.78, 5) is 2.02. The van der Waals surface area contributed by atoms with Crippen molar-refractivity contribution in [3.8, 4) is 11.5 Å². The summed E-state index contributed by atoms with van der Waals surface area (Å²) in [6.45, 7) is 16.7. The molecule has 136 valence electrons. The molecule has 0 heterocycles. The molecular weight excluding hydrogens is 328 g/mol. The molecule has 0 unspecified atom stereocenters. The third-order valence-electron chi connectivity index (χ3n) is 4.42. The lowest BCUT2D eigenvalue weighted by atomic mass is 9.85. The fraction of sp³-hybridized carbons (Fsp3) is 0.455. The molecule has 0 atom stereocenters. The summed E-state index contributed by atoms with van der Waals surface area (Å²) in [7, 11) is 0. The number of hydrogen-bond donors (Lipinski definition) is 2. The number of rotatable bonds is 2. The quantitative estimate of drug-likeness (QED) is 0.647. The van der Waals surface area contributed by atoms with E-state index in [-0.39, 0.29) is 10.8 Å². The van der Waals surface area contributed by atoms with Crippen LogP contribution >= 0.6 is 11.8 Å². The molecule has 0 saturated heterocycles. The van der Waals surface area contributed by atoms with Gasteiger partial charge in [-0.2, -0.15) is 0 Å². The topological polar surface area (TPSA) is 40.5 Å². The molecule has 0 aliphatic rings. The Morgan fingerprint density at radius 2 is 0.960 bits per heavy atom. The van der Waals surface area contributed by atoms with E-state index in [1.807, 2.05) is 12.1 Å². The Morgan fingerprint density at radius 1 is 0.640 bits per heavy atom. The molecule has 0 saturated carbocycles. The highest BCUT2D eigenvalue weighted by molar-refractivity contribution is 7.99. The van der Waals surface area contributed by atoms with Crippen molar-refractivity contribution >= 4 is 11.8 Å². The molecule has 0 spiro atoms. The average Bonchev–Trinajstić information content (AvgIpc) is 2.43. The number of phenols is 2. The molecule has 0 bridgehead atoms. The van der Waals surface area contributed by atoms with Gasteiger partial charge in [-0.15, -0.1) is 0 Å². The molecule has 0 amide bonds. The summed E-state index contributed by atoms with van der Waals surface area (Å²) in [5.74, 6) is 0.655. The van der Waals surface area contributed by atoms with E-state index in [2.05, 4.69) is 67.5 Å². The second-order valence-corrected chi connectivity index (χ2v) is 9.96. The fourth-order valence-corrected chi connectivity index (χ4v) is 3.91. The standard InChI is InChI=1S/C22H30O2S/c1-13-9-15(21(3,4)5)17(23)11-19(13)25-20-12-18(24)16(10-14(20)2)22(6,7)8/h9-12,23-24H,1-8H3. The van der Waals surface area contributed by atoms with Crippen molar-refractivity contribution in [3.63, 3.8) is 0 Å². The van der Waals surface area contributed by atoms with E-state index >= 15 is 0 Å². The molecule has 0 radical (unpaired) electrons. The van der Waals surface area contributed by atoms with Crippen LogP contribution in [0, 0.1) is 13.8 Å². The Labute approximate surface area is 156 Å². The van der Waals surface area contributed by atoms with Crippen LogP contribution in [0.1, 0.15) is 63.8 Å². The minimum Gasteiger partial charge on any atom is -0.508 e. The lowest BCUT2D eigenvalue weighted by Gasteiger charge is -2.23.